The van der Waals surface area contributed by atoms with Crippen LogP contribution >= 0.6 is 11.6 Å². The smallest absolute Gasteiger partial charge is 0.135 e. The molecule has 0 spiro atoms. The van der Waals surface area contributed by atoms with Gasteiger partial charge in [-0.05, 0) is 17.7 Å². The van der Waals surface area contributed by atoms with E-state index in [9.17, 15) is 0 Å². The van der Waals surface area contributed by atoms with Crippen LogP contribution in [-0.4, -0.2) is 5.88 Å². The Morgan fingerprint density at radius 1 is 0.947 bits per heavy atom. The molecule has 19 heavy (non-hydrogen) atoms. The van der Waals surface area contributed by atoms with Crippen molar-refractivity contribution in [1.82, 2.24) is 0 Å². The van der Waals surface area contributed by atoms with Crippen LogP contribution in [0.15, 0.2) is 54.6 Å². The normalized spacial score (nSPS) is 9.53. The van der Waals surface area contributed by atoms with Crippen molar-refractivity contribution in [1.29, 1.82) is 0 Å². The van der Waals surface area contributed by atoms with Gasteiger partial charge in [-0.25, -0.2) is 0 Å². The first-order chi connectivity index (χ1) is 9.40. The lowest BCUT2D eigenvalue weighted by Crippen LogP contribution is -1.96. The molecule has 0 radical (unpaired) electrons. The summed E-state index contributed by atoms with van der Waals surface area (Å²) >= 11 is 5.61. The lowest BCUT2D eigenvalue weighted by Gasteiger charge is -2.08. The minimum atomic E-state index is 0.551. The van der Waals surface area contributed by atoms with Crippen LogP contribution in [0.2, 0.25) is 0 Å². The van der Waals surface area contributed by atoms with Gasteiger partial charge in [0.05, 0.1) is 5.56 Å². The minimum absolute atomic E-state index is 0.551. The highest BCUT2D eigenvalue weighted by atomic mass is 35.5. The Kier molecular flexibility index (Phi) is 5.34. The molecule has 96 valence electrons. The Morgan fingerprint density at radius 2 is 1.68 bits per heavy atom. The maximum Gasteiger partial charge on any atom is 0.135 e. The number of benzene rings is 2. The third kappa shape index (κ3) is 4.35. The van der Waals surface area contributed by atoms with Crippen molar-refractivity contribution >= 4 is 11.6 Å². The van der Waals surface area contributed by atoms with Crippen molar-refractivity contribution in [3.8, 4) is 17.6 Å². The molecule has 0 aliphatic heterocycles. The van der Waals surface area contributed by atoms with Gasteiger partial charge in [-0.1, -0.05) is 54.3 Å². The Balaban J connectivity index is 2.06. The van der Waals surface area contributed by atoms with E-state index < -0.39 is 0 Å². The first-order valence-corrected chi connectivity index (χ1v) is 6.74. The third-order valence-corrected chi connectivity index (χ3v) is 2.76. The summed E-state index contributed by atoms with van der Waals surface area (Å²) < 4.78 is 5.82. The zero-order valence-electron chi connectivity index (χ0n) is 10.6. The van der Waals surface area contributed by atoms with E-state index in [2.05, 4.69) is 11.8 Å². The highest BCUT2D eigenvalue weighted by Crippen LogP contribution is 2.18. The van der Waals surface area contributed by atoms with Crippen LogP contribution in [0.5, 0.6) is 5.75 Å². The zero-order chi connectivity index (χ0) is 13.3. The van der Waals surface area contributed by atoms with E-state index in [-0.39, 0.29) is 0 Å². The monoisotopic (exact) mass is 270 g/mol. The summed E-state index contributed by atoms with van der Waals surface area (Å²) in [5.41, 5.74) is 2.05. The van der Waals surface area contributed by atoms with Crippen molar-refractivity contribution in [3.05, 3.63) is 65.7 Å². The summed E-state index contributed by atoms with van der Waals surface area (Å²) in [5.74, 6) is 7.49. The highest BCUT2D eigenvalue weighted by Gasteiger charge is 2.00. The molecule has 2 aromatic rings. The number of halogens is 1. The average molecular weight is 271 g/mol. The molecule has 1 nitrogen and oxygen atoms in total. The molecule has 0 atom stereocenters. The van der Waals surface area contributed by atoms with Gasteiger partial charge in [0.1, 0.15) is 12.4 Å². The summed E-state index contributed by atoms with van der Waals surface area (Å²) in [4.78, 5) is 0. The van der Waals surface area contributed by atoms with Crippen molar-refractivity contribution < 1.29 is 4.74 Å². The van der Waals surface area contributed by atoms with Gasteiger partial charge in [-0.2, -0.15) is 0 Å². The molecule has 0 saturated carbocycles. The largest absolute Gasteiger partial charge is 0.488 e. The van der Waals surface area contributed by atoms with Gasteiger partial charge in [0.25, 0.3) is 0 Å². The molecule has 2 heteroatoms. The van der Waals surface area contributed by atoms with E-state index >= 15 is 0 Å². The molecule has 0 aliphatic rings. The zero-order valence-corrected chi connectivity index (χ0v) is 11.4. The van der Waals surface area contributed by atoms with Crippen molar-refractivity contribution in [2.75, 3.05) is 5.88 Å². The van der Waals surface area contributed by atoms with Gasteiger partial charge in [0, 0.05) is 12.3 Å². The Bertz CT molecular complexity index is 567. The van der Waals surface area contributed by atoms with Crippen molar-refractivity contribution in [2.24, 2.45) is 0 Å². The molecule has 0 fully saturated rings. The maximum absolute atomic E-state index is 5.82. The maximum atomic E-state index is 5.82. The van der Waals surface area contributed by atoms with Crippen LogP contribution < -0.4 is 4.74 Å². The second kappa shape index (κ2) is 7.51. The van der Waals surface area contributed by atoms with Gasteiger partial charge in [-0.3, -0.25) is 0 Å². The van der Waals surface area contributed by atoms with E-state index in [0.717, 1.165) is 16.9 Å². The lowest BCUT2D eigenvalue weighted by molar-refractivity contribution is 0.305. The SMILES string of the molecule is ClCCC#Cc1ccccc1OCc1ccccc1. The minimum Gasteiger partial charge on any atom is -0.488 e. The molecular formula is C17H15ClO. The molecule has 0 amide bonds. The third-order valence-electron chi connectivity index (χ3n) is 2.57. The molecular weight excluding hydrogens is 256 g/mol. The van der Waals surface area contributed by atoms with Crippen molar-refractivity contribution in [2.45, 2.75) is 13.0 Å². The average Bonchev–Trinajstić information content (AvgIpc) is 2.48. The van der Waals surface area contributed by atoms with E-state index in [1.807, 2.05) is 54.6 Å². The number of hydrogen-bond donors (Lipinski definition) is 0. The van der Waals surface area contributed by atoms with Crippen molar-refractivity contribution in [3.63, 3.8) is 0 Å². The molecule has 2 rings (SSSR count). The molecule has 0 saturated heterocycles. The van der Waals surface area contributed by atoms with Crippen LogP contribution in [0.4, 0.5) is 0 Å². The number of ether oxygens (including phenoxy) is 1. The van der Waals surface area contributed by atoms with E-state index in [1.54, 1.807) is 0 Å². The van der Waals surface area contributed by atoms with Crippen LogP contribution in [0, 0.1) is 11.8 Å². The van der Waals surface area contributed by atoms with Crippen LogP contribution in [-0.2, 0) is 6.61 Å². The summed E-state index contributed by atoms with van der Waals surface area (Å²) in [6.45, 7) is 0.551. The summed E-state index contributed by atoms with van der Waals surface area (Å²) in [6, 6.07) is 17.9. The molecule has 2 aromatic carbocycles. The predicted molar refractivity (Wildman–Crippen MR) is 79.4 cm³/mol. The second-order valence-electron chi connectivity index (χ2n) is 4.01. The fraction of sp³-hybridized carbons (Fsp3) is 0.176. The first kappa shape index (κ1) is 13.5. The second-order valence-corrected chi connectivity index (χ2v) is 4.39. The molecule has 0 heterocycles. The molecule has 0 N–H and O–H groups in total. The van der Waals surface area contributed by atoms with Crippen LogP contribution in [0.25, 0.3) is 0 Å². The summed E-state index contributed by atoms with van der Waals surface area (Å²) in [7, 11) is 0. The highest BCUT2D eigenvalue weighted by molar-refractivity contribution is 6.18. The number of rotatable bonds is 4. The summed E-state index contributed by atoms with van der Waals surface area (Å²) in [6.07, 6.45) is 0.689. The van der Waals surface area contributed by atoms with Gasteiger partial charge in [0.2, 0.25) is 0 Å². The van der Waals surface area contributed by atoms with Gasteiger partial charge >= 0.3 is 0 Å². The summed E-state index contributed by atoms with van der Waals surface area (Å²) in [5, 5.41) is 0. The number of para-hydroxylation sites is 1. The Hall–Kier alpha value is -1.91. The van der Waals surface area contributed by atoms with E-state index in [0.29, 0.717) is 18.9 Å². The molecule has 0 unspecified atom stereocenters. The Morgan fingerprint density at radius 3 is 2.47 bits per heavy atom. The predicted octanol–water partition coefficient (Wildman–Crippen LogP) is 4.25. The standard InChI is InChI=1S/C17H15ClO/c18-13-7-6-11-16-10-4-5-12-17(16)19-14-15-8-2-1-3-9-15/h1-5,8-10,12H,7,13-14H2. The van der Waals surface area contributed by atoms with E-state index in [1.165, 1.54) is 0 Å². The topological polar surface area (TPSA) is 9.23 Å². The van der Waals surface area contributed by atoms with Gasteiger partial charge in [-0.15, -0.1) is 11.6 Å². The van der Waals surface area contributed by atoms with Gasteiger partial charge < -0.3 is 4.74 Å². The van der Waals surface area contributed by atoms with E-state index in [4.69, 9.17) is 16.3 Å². The molecule has 0 aliphatic carbocycles. The fourth-order valence-electron chi connectivity index (χ4n) is 1.64. The Labute approximate surface area is 119 Å². The molecule has 0 bridgehead atoms. The van der Waals surface area contributed by atoms with Gasteiger partial charge in [0.15, 0.2) is 0 Å². The quantitative estimate of drug-likeness (QED) is 0.596. The van der Waals surface area contributed by atoms with Crippen LogP contribution in [0.1, 0.15) is 17.5 Å². The molecule has 0 aromatic heterocycles. The number of hydrogen-bond acceptors (Lipinski definition) is 1. The lowest BCUT2D eigenvalue weighted by atomic mass is 10.2. The number of alkyl halides is 1. The first-order valence-electron chi connectivity index (χ1n) is 6.21. The van der Waals surface area contributed by atoms with Crippen LogP contribution in [0.3, 0.4) is 0 Å². The fourth-order valence-corrected chi connectivity index (χ4v) is 1.73.